The van der Waals surface area contributed by atoms with Gasteiger partial charge in [-0.2, -0.15) is 11.8 Å². The number of rotatable bonds is 18. The monoisotopic (exact) mass is 347 g/mol. The number of unbranched alkanes of at least 4 members (excludes halogenated alkanes) is 11. The van der Waals surface area contributed by atoms with E-state index in [4.69, 9.17) is 5.11 Å². The molecule has 0 spiro atoms. The molecule has 0 bridgehead atoms. The molecule has 0 saturated carbocycles. The summed E-state index contributed by atoms with van der Waals surface area (Å²) in [5.41, 5.74) is 0. The van der Waals surface area contributed by atoms with Crippen LogP contribution in [0.4, 0.5) is 0 Å². The molecule has 0 saturated heterocycles. The van der Waals surface area contributed by atoms with Crippen molar-refractivity contribution in [2.24, 2.45) is 0 Å². The van der Waals surface area contributed by atoms with E-state index in [1.54, 1.807) is 11.8 Å². The van der Waals surface area contributed by atoms with E-state index >= 15 is 0 Å². The number of carboxylic acid groups (broad SMARTS) is 1. The largest absolute Gasteiger partial charge is 0.481 e. The Labute approximate surface area is 144 Å². The highest BCUT2D eigenvalue weighted by atomic mass is 32.2. The van der Waals surface area contributed by atoms with Crippen molar-refractivity contribution in [3.05, 3.63) is 10.1 Å². The molecule has 0 aromatic carbocycles. The fourth-order valence-electron chi connectivity index (χ4n) is 2.47. The van der Waals surface area contributed by atoms with Gasteiger partial charge in [0, 0.05) is 17.1 Å². The summed E-state index contributed by atoms with van der Waals surface area (Å²) in [7, 11) is 0. The Hall–Kier alpha value is -0.780. The molecule has 136 valence electrons. The first-order valence-electron chi connectivity index (χ1n) is 9.04. The lowest BCUT2D eigenvalue weighted by molar-refractivity contribution is -0.480. The van der Waals surface area contributed by atoms with Crippen molar-refractivity contribution in [2.45, 2.75) is 83.5 Å². The Balaban J connectivity index is 3.00. The minimum Gasteiger partial charge on any atom is -0.481 e. The summed E-state index contributed by atoms with van der Waals surface area (Å²) in [6, 6.07) is 0. The van der Waals surface area contributed by atoms with Crippen molar-refractivity contribution in [1.82, 2.24) is 0 Å². The predicted octanol–water partition coefficient (Wildman–Crippen LogP) is 5.15. The maximum Gasteiger partial charge on any atom is 0.304 e. The Morgan fingerprint density at radius 1 is 0.783 bits per heavy atom. The van der Waals surface area contributed by atoms with Crippen LogP contribution in [0.15, 0.2) is 0 Å². The second kappa shape index (κ2) is 17.6. The molecule has 23 heavy (non-hydrogen) atoms. The molecule has 0 aromatic rings. The lowest BCUT2D eigenvalue weighted by Crippen LogP contribution is -1.99. The highest BCUT2D eigenvalue weighted by Crippen LogP contribution is 2.13. The van der Waals surface area contributed by atoms with Crippen LogP contribution in [-0.4, -0.2) is 34.0 Å². The summed E-state index contributed by atoms with van der Waals surface area (Å²) in [6.07, 6.45) is 14.6. The van der Waals surface area contributed by atoms with Crippen LogP contribution in [-0.2, 0) is 4.79 Å². The van der Waals surface area contributed by atoms with Crippen LogP contribution in [0.5, 0.6) is 0 Å². The minimum atomic E-state index is -0.700. The summed E-state index contributed by atoms with van der Waals surface area (Å²) in [5.74, 6) is 1.12. The molecule has 0 radical (unpaired) electrons. The second-order valence-corrected chi connectivity index (χ2v) is 7.28. The molecule has 6 heteroatoms. The molecule has 0 aliphatic heterocycles. The lowest BCUT2D eigenvalue weighted by Gasteiger charge is -2.03. The first-order valence-corrected chi connectivity index (χ1v) is 10.2. The van der Waals surface area contributed by atoms with Gasteiger partial charge in [0.2, 0.25) is 6.54 Å². The van der Waals surface area contributed by atoms with Crippen molar-refractivity contribution in [3.8, 4) is 0 Å². The van der Waals surface area contributed by atoms with Gasteiger partial charge in [-0.05, 0) is 18.6 Å². The topological polar surface area (TPSA) is 80.4 Å². The highest BCUT2D eigenvalue weighted by Gasteiger charge is 1.98. The van der Waals surface area contributed by atoms with Crippen molar-refractivity contribution >= 4 is 17.7 Å². The van der Waals surface area contributed by atoms with E-state index in [1.807, 2.05) is 0 Å². The average Bonchev–Trinajstić information content (AvgIpc) is 2.49. The number of thioether (sulfide) groups is 1. The molecule has 0 rings (SSSR count). The molecule has 0 aromatic heterocycles. The molecule has 0 aliphatic rings. The maximum atomic E-state index is 10.3. The third-order valence-electron chi connectivity index (χ3n) is 3.84. The fraction of sp³-hybridized carbons (Fsp3) is 0.941. The molecule has 5 nitrogen and oxygen atoms in total. The van der Waals surface area contributed by atoms with Gasteiger partial charge in [-0.25, -0.2) is 0 Å². The van der Waals surface area contributed by atoms with Crippen molar-refractivity contribution < 1.29 is 14.8 Å². The smallest absolute Gasteiger partial charge is 0.304 e. The zero-order valence-electron chi connectivity index (χ0n) is 14.3. The van der Waals surface area contributed by atoms with Gasteiger partial charge in [0.05, 0.1) is 6.42 Å². The van der Waals surface area contributed by atoms with E-state index in [0.717, 1.165) is 30.8 Å². The highest BCUT2D eigenvalue weighted by molar-refractivity contribution is 7.99. The standard InChI is InChI=1S/C17H33NO4S/c19-17(20)13-16-23-15-12-10-8-6-4-2-1-3-5-7-9-11-14-18(21)22/h1-16H2,(H,19,20). The fourth-order valence-corrected chi connectivity index (χ4v) is 3.41. The maximum absolute atomic E-state index is 10.3. The van der Waals surface area contributed by atoms with Gasteiger partial charge in [0.1, 0.15) is 0 Å². The quantitative estimate of drug-likeness (QED) is 0.211. The molecule has 0 aliphatic carbocycles. The number of nitro groups is 1. The lowest BCUT2D eigenvalue weighted by atomic mass is 10.1. The molecule has 0 atom stereocenters. The van der Waals surface area contributed by atoms with Crippen LogP contribution in [0.3, 0.4) is 0 Å². The van der Waals surface area contributed by atoms with Gasteiger partial charge in [-0.3, -0.25) is 14.9 Å². The number of hydrogen-bond acceptors (Lipinski definition) is 4. The third-order valence-corrected chi connectivity index (χ3v) is 4.91. The van der Waals surface area contributed by atoms with Crippen LogP contribution < -0.4 is 0 Å². The normalized spacial score (nSPS) is 10.8. The average molecular weight is 348 g/mol. The van der Waals surface area contributed by atoms with Crippen LogP contribution in [0.25, 0.3) is 0 Å². The first kappa shape index (κ1) is 22.2. The van der Waals surface area contributed by atoms with E-state index in [9.17, 15) is 14.9 Å². The summed E-state index contributed by atoms with van der Waals surface area (Å²) < 4.78 is 0. The Kier molecular flexibility index (Phi) is 17.0. The van der Waals surface area contributed by atoms with Gasteiger partial charge < -0.3 is 5.11 Å². The SMILES string of the molecule is O=C(O)CCSCCCCCCCCCCCCCC[N+](=O)[O-]. The first-order chi connectivity index (χ1) is 11.1. The van der Waals surface area contributed by atoms with E-state index in [0.29, 0.717) is 0 Å². The Morgan fingerprint density at radius 2 is 1.22 bits per heavy atom. The Morgan fingerprint density at radius 3 is 1.65 bits per heavy atom. The van der Waals surface area contributed by atoms with E-state index < -0.39 is 5.97 Å². The van der Waals surface area contributed by atoms with Crippen molar-refractivity contribution in [2.75, 3.05) is 18.1 Å². The molecule has 0 unspecified atom stereocenters. The third kappa shape index (κ3) is 21.2. The molecule has 0 amide bonds. The second-order valence-electron chi connectivity index (χ2n) is 6.06. The van der Waals surface area contributed by atoms with Gasteiger partial charge in [0.15, 0.2) is 0 Å². The molecule has 1 N–H and O–H groups in total. The van der Waals surface area contributed by atoms with Crippen LogP contribution in [0.1, 0.15) is 83.5 Å². The van der Waals surface area contributed by atoms with Gasteiger partial charge in [0.25, 0.3) is 0 Å². The molecular weight excluding hydrogens is 314 g/mol. The van der Waals surface area contributed by atoms with E-state index in [1.165, 1.54) is 57.8 Å². The number of nitrogens with zero attached hydrogens (tertiary/aromatic N) is 1. The minimum absolute atomic E-state index is 0.123. The molecule has 0 heterocycles. The molecular formula is C17H33NO4S. The number of aliphatic carboxylic acids is 1. The zero-order valence-corrected chi connectivity index (χ0v) is 15.2. The number of hydrogen-bond donors (Lipinski definition) is 1. The predicted molar refractivity (Wildman–Crippen MR) is 96.8 cm³/mol. The van der Waals surface area contributed by atoms with Gasteiger partial charge >= 0.3 is 5.97 Å². The van der Waals surface area contributed by atoms with Crippen LogP contribution >= 0.6 is 11.8 Å². The van der Waals surface area contributed by atoms with Gasteiger partial charge in [-0.1, -0.05) is 57.8 Å². The van der Waals surface area contributed by atoms with Gasteiger partial charge in [-0.15, -0.1) is 0 Å². The Bertz CT molecular complexity index is 272. The van der Waals surface area contributed by atoms with E-state index in [-0.39, 0.29) is 17.9 Å². The zero-order chi connectivity index (χ0) is 17.2. The summed E-state index contributed by atoms with van der Waals surface area (Å²) >= 11 is 1.75. The summed E-state index contributed by atoms with van der Waals surface area (Å²) in [6.45, 7) is 0.123. The summed E-state index contributed by atoms with van der Waals surface area (Å²) in [5, 5.41) is 18.7. The van der Waals surface area contributed by atoms with Crippen LogP contribution in [0, 0.1) is 10.1 Å². The van der Waals surface area contributed by atoms with E-state index in [2.05, 4.69) is 0 Å². The number of carbonyl (C=O) groups is 1. The number of carboxylic acids is 1. The summed E-state index contributed by atoms with van der Waals surface area (Å²) in [4.78, 5) is 20.3. The van der Waals surface area contributed by atoms with Crippen molar-refractivity contribution in [3.63, 3.8) is 0 Å². The van der Waals surface area contributed by atoms with Crippen LogP contribution in [0.2, 0.25) is 0 Å². The molecule has 0 fully saturated rings. The van der Waals surface area contributed by atoms with Crippen molar-refractivity contribution in [1.29, 1.82) is 0 Å².